The number of aliphatic hydroxyl groups is 1. The van der Waals surface area contributed by atoms with Gasteiger partial charge in [-0.3, -0.25) is 4.79 Å². The molecule has 264 valence electrons. The topological polar surface area (TPSA) is 105 Å². The molecule has 4 aromatic rings. The summed E-state index contributed by atoms with van der Waals surface area (Å²) in [4.78, 5) is 21.5. The number of nitrogens with one attached hydrogen (secondary N) is 1. The molecule has 2 saturated heterocycles. The molecular weight excluding hydrogens is 642 g/mol. The molecule has 1 unspecified atom stereocenters. The van der Waals surface area contributed by atoms with E-state index >= 15 is 4.39 Å². The highest BCUT2D eigenvalue weighted by Crippen LogP contribution is 2.42. The molecule has 3 aromatic carbocycles. The summed E-state index contributed by atoms with van der Waals surface area (Å²) in [6, 6.07) is 17.4. The molecule has 3 heterocycles. The monoisotopic (exact) mass is 686 g/mol. The first-order chi connectivity index (χ1) is 24.3. The highest BCUT2D eigenvalue weighted by atomic mass is 19.1. The van der Waals surface area contributed by atoms with E-state index in [-0.39, 0.29) is 24.4 Å². The Morgan fingerprint density at radius 2 is 1.74 bits per heavy atom. The normalized spacial score (nSPS) is 24.0. The van der Waals surface area contributed by atoms with Gasteiger partial charge in [0.2, 0.25) is 0 Å². The first-order valence-electron chi connectivity index (χ1n) is 17.5. The van der Waals surface area contributed by atoms with Crippen molar-refractivity contribution in [1.29, 1.82) is 0 Å². The number of carbonyl (C=O) groups excluding carboxylic acids is 1. The second kappa shape index (κ2) is 14.7. The molecule has 0 radical (unpaired) electrons. The molecule has 1 amide bonds. The molecule has 1 aliphatic carbocycles. The number of amides is 1. The van der Waals surface area contributed by atoms with E-state index in [1.165, 1.54) is 18.5 Å². The summed E-state index contributed by atoms with van der Waals surface area (Å²) >= 11 is 0. The zero-order valence-corrected chi connectivity index (χ0v) is 28.3. The number of hydrogen-bond donors (Lipinski definition) is 2. The number of nitrogens with zero attached hydrogens (tertiary/aromatic N) is 5. The van der Waals surface area contributed by atoms with Crippen molar-refractivity contribution < 1.29 is 28.2 Å². The highest BCUT2D eigenvalue weighted by Gasteiger charge is 2.44. The van der Waals surface area contributed by atoms with Gasteiger partial charge in [-0.2, -0.15) is 5.10 Å². The zero-order valence-electron chi connectivity index (χ0n) is 28.3. The maximum atomic E-state index is 15.0. The number of ether oxygens (including phenoxy) is 2. The van der Waals surface area contributed by atoms with E-state index in [0.29, 0.717) is 30.8 Å². The van der Waals surface area contributed by atoms with E-state index in [2.05, 4.69) is 37.3 Å². The molecular formula is C38H44F2N6O4. The molecule has 0 bridgehead atoms. The van der Waals surface area contributed by atoms with Crippen molar-refractivity contribution in [2.24, 2.45) is 5.92 Å². The maximum Gasteiger partial charge on any atom is 0.251 e. The summed E-state index contributed by atoms with van der Waals surface area (Å²) in [7, 11) is 0. The largest absolute Gasteiger partial charge is 0.493 e. The molecule has 3 fully saturated rings. The van der Waals surface area contributed by atoms with Gasteiger partial charge in [0.15, 0.2) is 0 Å². The van der Waals surface area contributed by atoms with Crippen molar-refractivity contribution in [1.82, 2.24) is 20.1 Å². The van der Waals surface area contributed by atoms with Crippen LogP contribution in [0.2, 0.25) is 0 Å². The van der Waals surface area contributed by atoms with Crippen molar-refractivity contribution in [2.45, 2.75) is 63.3 Å². The van der Waals surface area contributed by atoms with Crippen LogP contribution in [0, 0.1) is 24.5 Å². The minimum atomic E-state index is -1.02. The van der Waals surface area contributed by atoms with Crippen LogP contribution >= 0.6 is 0 Å². The lowest BCUT2D eigenvalue weighted by Crippen LogP contribution is -2.46. The molecule has 50 heavy (non-hydrogen) atoms. The van der Waals surface area contributed by atoms with Crippen LogP contribution in [0.25, 0.3) is 0 Å². The van der Waals surface area contributed by atoms with Gasteiger partial charge >= 0.3 is 0 Å². The van der Waals surface area contributed by atoms with Crippen LogP contribution in [0.4, 0.5) is 20.2 Å². The Bertz CT molecular complexity index is 1770. The van der Waals surface area contributed by atoms with Crippen LogP contribution in [-0.4, -0.2) is 77.3 Å². The minimum absolute atomic E-state index is 0.0108. The SMILES string of the molecule is Cc1cc(N2CCN(c3ccc(C(=O)N[C@@H]4CCCCC4O)cc3)CC2)ccc1OC[C@@H]1CO[C@@](Cn2cncn2)(c2ccc(F)cc2F)C1. The van der Waals surface area contributed by atoms with Crippen molar-refractivity contribution in [3.63, 3.8) is 0 Å². The molecule has 0 spiro atoms. The number of benzene rings is 3. The summed E-state index contributed by atoms with van der Waals surface area (Å²) in [6.45, 7) is 6.46. The van der Waals surface area contributed by atoms with Crippen LogP contribution in [-0.2, 0) is 16.9 Å². The average Bonchev–Trinajstić information content (AvgIpc) is 3.79. The first kappa shape index (κ1) is 33.9. The maximum absolute atomic E-state index is 15.0. The van der Waals surface area contributed by atoms with Crippen LogP contribution in [0.3, 0.4) is 0 Å². The Balaban J connectivity index is 0.920. The van der Waals surface area contributed by atoms with Crippen LogP contribution in [0.1, 0.15) is 53.6 Å². The van der Waals surface area contributed by atoms with Gasteiger partial charge in [0.25, 0.3) is 5.91 Å². The number of anilines is 2. The Hall–Kier alpha value is -4.55. The van der Waals surface area contributed by atoms with Gasteiger partial charge in [-0.15, -0.1) is 0 Å². The molecule has 2 N–H and O–H groups in total. The Morgan fingerprint density at radius 1 is 1.00 bits per heavy atom. The molecule has 12 heteroatoms. The number of aromatic nitrogens is 3. The number of piperazine rings is 1. The van der Waals surface area contributed by atoms with Gasteiger partial charge in [0.1, 0.15) is 35.6 Å². The van der Waals surface area contributed by atoms with Crippen molar-refractivity contribution in [2.75, 3.05) is 49.2 Å². The van der Waals surface area contributed by atoms with Gasteiger partial charge in [-0.1, -0.05) is 18.9 Å². The summed E-state index contributed by atoms with van der Waals surface area (Å²) in [6.07, 6.45) is 6.59. The van der Waals surface area contributed by atoms with E-state index in [1.807, 2.05) is 37.3 Å². The van der Waals surface area contributed by atoms with E-state index < -0.39 is 23.3 Å². The molecule has 7 rings (SSSR count). The lowest BCUT2D eigenvalue weighted by molar-refractivity contribution is -0.0206. The standard InChI is InChI=1S/C38H44F2N6O4/c1-26-18-31(45-16-14-44(15-17-45)30-9-6-28(7-10-30)37(48)43-34-4-2-3-5-35(34)47)11-13-36(26)49-21-27-20-38(50-22-27,23-46-25-41-24-42-46)32-12-8-29(39)19-33(32)40/h6-13,18-19,24-25,27,34-35,47H,2-5,14-17,20-23H2,1H3,(H,43,48)/t27-,34-,35?,38+/m1/s1. The van der Waals surface area contributed by atoms with Crippen molar-refractivity contribution >= 4 is 17.3 Å². The third kappa shape index (κ3) is 7.46. The summed E-state index contributed by atoms with van der Waals surface area (Å²) in [5, 5.41) is 17.4. The predicted molar refractivity (Wildman–Crippen MR) is 185 cm³/mol. The smallest absolute Gasteiger partial charge is 0.251 e. The lowest BCUT2D eigenvalue weighted by Gasteiger charge is -2.37. The Labute approximate surface area is 291 Å². The van der Waals surface area contributed by atoms with Gasteiger partial charge in [-0.25, -0.2) is 18.4 Å². The van der Waals surface area contributed by atoms with Crippen LogP contribution in [0.15, 0.2) is 73.3 Å². The third-order valence-electron chi connectivity index (χ3n) is 10.3. The number of carbonyl (C=O) groups is 1. The fraction of sp³-hybridized carbons (Fsp3) is 0.447. The summed E-state index contributed by atoms with van der Waals surface area (Å²) < 4.78 is 42.9. The molecule has 1 saturated carbocycles. The second-order valence-corrected chi connectivity index (χ2v) is 13.8. The first-order valence-corrected chi connectivity index (χ1v) is 17.5. The molecule has 3 aliphatic rings. The number of rotatable bonds is 10. The Kier molecular flexibility index (Phi) is 10.0. The van der Waals surface area contributed by atoms with E-state index in [0.717, 1.165) is 80.6 Å². The molecule has 1 aromatic heterocycles. The van der Waals surface area contributed by atoms with Gasteiger partial charge in [0.05, 0.1) is 31.9 Å². The minimum Gasteiger partial charge on any atom is -0.493 e. The van der Waals surface area contributed by atoms with Crippen LogP contribution < -0.4 is 19.9 Å². The van der Waals surface area contributed by atoms with E-state index in [1.54, 1.807) is 11.0 Å². The van der Waals surface area contributed by atoms with E-state index in [4.69, 9.17) is 9.47 Å². The second-order valence-electron chi connectivity index (χ2n) is 13.8. The molecule has 4 atom stereocenters. The number of aliphatic hydroxyl groups excluding tert-OH is 1. The number of hydrogen-bond acceptors (Lipinski definition) is 8. The zero-order chi connectivity index (χ0) is 34.7. The van der Waals surface area contributed by atoms with Crippen LogP contribution in [0.5, 0.6) is 5.75 Å². The number of aryl methyl sites for hydroxylation is 1. The highest BCUT2D eigenvalue weighted by molar-refractivity contribution is 5.94. The average molecular weight is 687 g/mol. The third-order valence-corrected chi connectivity index (χ3v) is 10.3. The lowest BCUT2D eigenvalue weighted by atomic mass is 9.87. The molecule has 2 aliphatic heterocycles. The summed E-state index contributed by atoms with van der Waals surface area (Å²) in [5.74, 6) is -0.637. The van der Waals surface area contributed by atoms with Gasteiger partial charge in [0, 0.05) is 60.7 Å². The quantitative estimate of drug-likeness (QED) is 0.234. The predicted octanol–water partition coefficient (Wildman–Crippen LogP) is 5.24. The van der Waals surface area contributed by atoms with Gasteiger partial charge < -0.3 is 29.7 Å². The van der Waals surface area contributed by atoms with Gasteiger partial charge in [-0.05, 0) is 80.3 Å². The summed E-state index contributed by atoms with van der Waals surface area (Å²) in [5.41, 5.74) is 3.13. The molecule has 10 nitrogen and oxygen atoms in total. The van der Waals surface area contributed by atoms with E-state index in [9.17, 15) is 14.3 Å². The fourth-order valence-electron chi connectivity index (χ4n) is 7.56. The van der Waals surface area contributed by atoms with Crippen molar-refractivity contribution in [3.8, 4) is 5.75 Å². The number of halogens is 2. The Morgan fingerprint density at radius 3 is 2.44 bits per heavy atom. The van der Waals surface area contributed by atoms with Crippen molar-refractivity contribution in [3.05, 3.63) is 102 Å². The fourth-order valence-corrected chi connectivity index (χ4v) is 7.56.